The van der Waals surface area contributed by atoms with E-state index >= 15 is 0 Å². The van der Waals surface area contributed by atoms with Crippen molar-refractivity contribution in [2.45, 2.75) is 0 Å². The van der Waals surface area contributed by atoms with Gasteiger partial charge in [0.1, 0.15) is 0 Å². The summed E-state index contributed by atoms with van der Waals surface area (Å²) < 4.78 is 5.21. The predicted octanol–water partition coefficient (Wildman–Crippen LogP) is 4.36. The van der Waals surface area contributed by atoms with Gasteiger partial charge in [-0.15, -0.1) is 0 Å². The largest absolute Gasteiger partial charge is 0.444 e. The van der Waals surface area contributed by atoms with Gasteiger partial charge in [0, 0.05) is 18.2 Å². The quantitative estimate of drug-likeness (QED) is 0.686. The number of rotatable bonds is 5. The molecule has 0 aliphatic carbocycles. The molecule has 1 N–H and O–H groups in total. The molecule has 0 saturated carbocycles. The van der Waals surface area contributed by atoms with E-state index in [0.717, 1.165) is 5.56 Å². The van der Waals surface area contributed by atoms with Crippen LogP contribution < -0.4 is 5.32 Å². The molecule has 0 saturated heterocycles. The molecule has 0 radical (unpaired) electrons. The number of oxazole rings is 1. The zero-order valence-electron chi connectivity index (χ0n) is 14.3. The standard InChI is InChI=1S/C19H15Cl2N3O3/c1-24(10-17(25)23-18-14(20)3-2-4-15(18)21)19(26)13-7-5-12(6-8-13)16-9-22-11-27-16/h2-9,11H,10H2,1H3,(H,23,25). The smallest absolute Gasteiger partial charge is 0.254 e. The van der Waals surface area contributed by atoms with Gasteiger partial charge in [-0.1, -0.05) is 41.4 Å². The lowest BCUT2D eigenvalue weighted by atomic mass is 10.1. The highest BCUT2D eigenvalue weighted by Crippen LogP contribution is 2.29. The van der Waals surface area contributed by atoms with Crippen LogP contribution in [-0.2, 0) is 4.79 Å². The van der Waals surface area contributed by atoms with Crippen molar-refractivity contribution in [1.82, 2.24) is 9.88 Å². The molecule has 0 atom stereocenters. The van der Waals surface area contributed by atoms with Crippen molar-refractivity contribution in [3.05, 3.63) is 70.7 Å². The van der Waals surface area contributed by atoms with Crippen molar-refractivity contribution in [2.24, 2.45) is 0 Å². The molecule has 8 heteroatoms. The van der Waals surface area contributed by atoms with Gasteiger partial charge >= 0.3 is 0 Å². The third-order valence-corrected chi connectivity index (χ3v) is 4.43. The van der Waals surface area contributed by atoms with Crippen LogP contribution in [-0.4, -0.2) is 35.3 Å². The minimum Gasteiger partial charge on any atom is -0.444 e. The molecular formula is C19H15Cl2N3O3. The maximum Gasteiger partial charge on any atom is 0.254 e. The van der Waals surface area contributed by atoms with Gasteiger partial charge in [0.15, 0.2) is 12.2 Å². The van der Waals surface area contributed by atoms with Crippen molar-refractivity contribution >= 4 is 40.7 Å². The molecule has 138 valence electrons. The highest BCUT2D eigenvalue weighted by Gasteiger charge is 2.17. The van der Waals surface area contributed by atoms with E-state index in [9.17, 15) is 9.59 Å². The van der Waals surface area contributed by atoms with Gasteiger partial charge in [-0.3, -0.25) is 9.59 Å². The summed E-state index contributed by atoms with van der Waals surface area (Å²) in [5.41, 5.74) is 1.57. The highest BCUT2D eigenvalue weighted by atomic mass is 35.5. The van der Waals surface area contributed by atoms with Gasteiger partial charge < -0.3 is 14.6 Å². The number of benzene rings is 2. The topological polar surface area (TPSA) is 75.4 Å². The number of amides is 2. The highest BCUT2D eigenvalue weighted by molar-refractivity contribution is 6.39. The summed E-state index contributed by atoms with van der Waals surface area (Å²) in [6.45, 7) is -0.149. The first-order chi connectivity index (χ1) is 13.0. The molecular weight excluding hydrogens is 389 g/mol. The second kappa shape index (κ2) is 8.24. The van der Waals surface area contributed by atoms with Crippen LogP contribution in [0, 0.1) is 0 Å². The van der Waals surface area contributed by atoms with Crippen LogP contribution in [0.5, 0.6) is 0 Å². The molecule has 0 aliphatic rings. The Bertz CT molecular complexity index is 937. The summed E-state index contributed by atoms with van der Waals surface area (Å²) >= 11 is 12.1. The molecule has 1 aromatic heterocycles. The van der Waals surface area contributed by atoms with Crippen molar-refractivity contribution in [3.63, 3.8) is 0 Å². The predicted molar refractivity (Wildman–Crippen MR) is 104 cm³/mol. The second-order valence-corrected chi connectivity index (χ2v) is 6.56. The van der Waals surface area contributed by atoms with Gasteiger partial charge in [-0.05, 0) is 24.3 Å². The van der Waals surface area contributed by atoms with E-state index in [1.165, 1.54) is 11.3 Å². The maximum atomic E-state index is 12.5. The molecule has 0 spiro atoms. The van der Waals surface area contributed by atoms with Crippen LogP contribution in [0.2, 0.25) is 10.0 Å². The van der Waals surface area contributed by atoms with Gasteiger partial charge in [0.25, 0.3) is 5.91 Å². The molecule has 6 nitrogen and oxygen atoms in total. The maximum absolute atomic E-state index is 12.5. The number of likely N-dealkylation sites (N-methyl/N-ethyl adjacent to an activating group) is 1. The minimum atomic E-state index is -0.404. The average Bonchev–Trinajstić information content (AvgIpc) is 3.19. The van der Waals surface area contributed by atoms with E-state index in [1.54, 1.807) is 55.7 Å². The number of halogens is 2. The molecule has 3 rings (SSSR count). The number of nitrogens with one attached hydrogen (secondary N) is 1. The van der Waals surface area contributed by atoms with Crippen LogP contribution in [0.25, 0.3) is 11.3 Å². The van der Waals surface area contributed by atoms with Gasteiger partial charge in [0.2, 0.25) is 5.91 Å². The summed E-state index contributed by atoms with van der Waals surface area (Å²) in [6, 6.07) is 11.8. The van der Waals surface area contributed by atoms with Crippen LogP contribution in [0.15, 0.2) is 59.5 Å². The Hall–Kier alpha value is -2.83. The lowest BCUT2D eigenvalue weighted by Gasteiger charge is -2.17. The third-order valence-electron chi connectivity index (χ3n) is 3.80. The molecule has 27 heavy (non-hydrogen) atoms. The molecule has 0 bridgehead atoms. The van der Waals surface area contributed by atoms with E-state index in [1.807, 2.05) is 0 Å². The lowest BCUT2D eigenvalue weighted by Crippen LogP contribution is -2.35. The number of carbonyl (C=O) groups is 2. The number of anilines is 1. The molecule has 0 aliphatic heterocycles. The van der Waals surface area contributed by atoms with E-state index in [4.69, 9.17) is 27.6 Å². The Morgan fingerprint density at radius 3 is 2.37 bits per heavy atom. The monoisotopic (exact) mass is 403 g/mol. The van der Waals surface area contributed by atoms with E-state index in [-0.39, 0.29) is 12.5 Å². The Morgan fingerprint density at radius 2 is 1.78 bits per heavy atom. The molecule has 1 heterocycles. The normalized spacial score (nSPS) is 10.5. The van der Waals surface area contributed by atoms with Crippen molar-refractivity contribution < 1.29 is 14.0 Å². The Labute approximate surface area is 165 Å². The van der Waals surface area contributed by atoms with E-state index < -0.39 is 5.91 Å². The minimum absolute atomic E-state index is 0.149. The summed E-state index contributed by atoms with van der Waals surface area (Å²) in [5.74, 6) is -0.0861. The SMILES string of the molecule is CN(CC(=O)Nc1c(Cl)cccc1Cl)C(=O)c1ccc(-c2cnco2)cc1. The van der Waals surface area contributed by atoms with Crippen molar-refractivity contribution in [1.29, 1.82) is 0 Å². The average molecular weight is 404 g/mol. The zero-order valence-corrected chi connectivity index (χ0v) is 15.8. The summed E-state index contributed by atoms with van der Waals surface area (Å²) in [4.78, 5) is 29.9. The van der Waals surface area contributed by atoms with Gasteiger partial charge in [0.05, 0.1) is 28.5 Å². The van der Waals surface area contributed by atoms with Crippen LogP contribution in [0.4, 0.5) is 5.69 Å². The molecule has 0 unspecified atom stereocenters. The second-order valence-electron chi connectivity index (χ2n) is 5.75. The first-order valence-corrected chi connectivity index (χ1v) is 8.69. The van der Waals surface area contributed by atoms with Crippen LogP contribution in [0.3, 0.4) is 0 Å². The first kappa shape index (κ1) is 18.9. The summed E-state index contributed by atoms with van der Waals surface area (Å²) in [7, 11) is 1.54. The fourth-order valence-electron chi connectivity index (χ4n) is 2.44. The Kier molecular flexibility index (Phi) is 5.78. The number of hydrogen-bond donors (Lipinski definition) is 1. The first-order valence-electron chi connectivity index (χ1n) is 7.94. The fourth-order valence-corrected chi connectivity index (χ4v) is 2.93. The molecule has 2 amide bonds. The van der Waals surface area contributed by atoms with Crippen LogP contribution >= 0.6 is 23.2 Å². The summed E-state index contributed by atoms with van der Waals surface area (Å²) in [6.07, 6.45) is 2.93. The van der Waals surface area contributed by atoms with E-state index in [0.29, 0.717) is 27.1 Å². The molecule has 3 aromatic rings. The third kappa shape index (κ3) is 4.48. The van der Waals surface area contributed by atoms with Crippen molar-refractivity contribution in [2.75, 3.05) is 18.9 Å². The van der Waals surface area contributed by atoms with Crippen molar-refractivity contribution in [3.8, 4) is 11.3 Å². The molecule has 2 aromatic carbocycles. The zero-order chi connectivity index (χ0) is 19.4. The molecule has 0 fully saturated rings. The van der Waals surface area contributed by atoms with Crippen LogP contribution in [0.1, 0.15) is 10.4 Å². The Balaban J connectivity index is 1.64. The Morgan fingerprint density at radius 1 is 1.11 bits per heavy atom. The van der Waals surface area contributed by atoms with Gasteiger partial charge in [-0.2, -0.15) is 0 Å². The number of carbonyl (C=O) groups excluding carboxylic acids is 2. The number of para-hydroxylation sites is 1. The van der Waals surface area contributed by atoms with E-state index in [2.05, 4.69) is 10.3 Å². The van der Waals surface area contributed by atoms with Gasteiger partial charge in [-0.25, -0.2) is 4.98 Å². The number of hydrogen-bond acceptors (Lipinski definition) is 4. The summed E-state index contributed by atoms with van der Waals surface area (Å²) in [5, 5.41) is 3.28. The lowest BCUT2D eigenvalue weighted by molar-refractivity contribution is -0.116. The number of nitrogens with zero attached hydrogens (tertiary/aromatic N) is 2. The fraction of sp³-hybridized carbons (Fsp3) is 0.105. The number of aromatic nitrogens is 1.